The lowest BCUT2D eigenvalue weighted by atomic mass is 9.95. The maximum absolute atomic E-state index is 5.02. The summed E-state index contributed by atoms with van der Waals surface area (Å²) < 4.78 is 0. The van der Waals surface area contributed by atoms with Crippen LogP contribution in [0, 0.1) is 5.92 Å². The second kappa shape index (κ2) is 10.8. The Bertz CT molecular complexity index is 1270. The molecule has 0 radical (unpaired) electrons. The standard InChI is InChI=1S/C32H30N2S/c1-23(2)30-22-35-31(33-30)21-29(26-17-10-5-11-18-26)34-32-27(24-13-6-3-7-14-24)19-12-20-28(32)25-15-8-4-9-16-25/h3-21,23,30,34H,22H2,1-2H3. The first-order valence-corrected chi connectivity index (χ1v) is 13.2. The van der Waals surface area contributed by atoms with E-state index < -0.39 is 0 Å². The molecule has 5 rings (SSSR count). The summed E-state index contributed by atoms with van der Waals surface area (Å²) in [4.78, 5) is 5.02. The molecule has 1 heterocycles. The Balaban J connectivity index is 1.65. The van der Waals surface area contributed by atoms with Crippen LogP contribution >= 0.6 is 11.8 Å². The molecule has 4 aromatic rings. The molecule has 0 aromatic heterocycles. The van der Waals surface area contributed by atoms with E-state index in [9.17, 15) is 0 Å². The van der Waals surface area contributed by atoms with Crippen molar-refractivity contribution < 1.29 is 0 Å². The third-order valence-electron chi connectivity index (χ3n) is 6.31. The van der Waals surface area contributed by atoms with Gasteiger partial charge in [-0.05, 0) is 28.7 Å². The first-order chi connectivity index (χ1) is 17.2. The summed E-state index contributed by atoms with van der Waals surface area (Å²) in [7, 11) is 0. The van der Waals surface area contributed by atoms with E-state index in [0.717, 1.165) is 27.7 Å². The van der Waals surface area contributed by atoms with Crippen molar-refractivity contribution >= 4 is 28.2 Å². The van der Waals surface area contributed by atoms with Crippen LogP contribution in [0.4, 0.5) is 5.69 Å². The van der Waals surface area contributed by atoms with Crippen molar-refractivity contribution in [1.82, 2.24) is 0 Å². The molecule has 4 aromatic carbocycles. The van der Waals surface area contributed by atoms with Gasteiger partial charge >= 0.3 is 0 Å². The van der Waals surface area contributed by atoms with Crippen LogP contribution in [0.25, 0.3) is 28.0 Å². The smallest absolute Gasteiger partial charge is 0.0929 e. The van der Waals surface area contributed by atoms with E-state index in [1.807, 2.05) is 11.8 Å². The minimum absolute atomic E-state index is 0.375. The second-order valence-corrected chi connectivity index (χ2v) is 10.1. The third-order valence-corrected chi connectivity index (χ3v) is 7.34. The third kappa shape index (κ3) is 5.41. The van der Waals surface area contributed by atoms with E-state index in [4.69, 9.17) is 4.99 Å². The first-order valence-electron chi connectivity index (χ1n) is 12.2. The molecule has 1 aliphatic rings. The number of rotatable bonds is 7. The van der Waals surface area contributed by atoms with Crippen molar-refractivity contribution in [2.75, 3.05) is 11.1 Å². The number of para-hydroxylation sites is 1. The van der Waals surface area contributed by atoms with Gasteiger partial charge in [0.15, 0.2) is 0 Å². The van der Waals surface area contributed by atoms with E-state index in [2.05, 4.69) is 134 Å². The molecule has 174 valence electrons. The van der Waals surface area contributed by atoms with E-state index >= 15 is 0 Å². The predicted octanol–water partition coefficient (Wildman–Crippen LogP) is 8.64. The number of nitrogens with one attached hydrogen (secondary N) is 1. The van der Waals surface area contributed by atoms with Gasteiger partial charge in [0.2, 0.25) is 0 Å². The van der Waals surface area contributed by atoms with Crippen molar-refractivity contribution in [3.05, 3.63) is 121 Å². The molecule has 1 N–H and O–H groups in total. The quantitative estimate of drug-likeness (QED) is 0.290. The highest BCUT2D eigenvalue weighted by Crippen LogP contribution is 2.39. The molecular formula is C32H30N2S. The van der Waals surface area contributed by atoms with E-state index in [1.54, 1.807) is 0 Å². The Morgan fingerprint density at radius 2 is 1.31 bits per heavy atom. The first kappa shape index (κ1) is 23.2. The van der Waals surface area contributed by atoms with Crippen molar-refractivity contribution in [3.63, 3.8) is 0 Å². The zero-order valence-electron chi connectivity index (χ0n) is 20.2. The summed E-state index contributed by atoms with van der Waals surface area (Å²) in [5.74, 6) is 1.59. The molecule has 1 aliphatic heterocycles. The average molecular weight is 475 g/mol. The van der Waals surface area contributed by atoms with Crippen LogP contribution in [0.1, 0.15) is 19.4 Å². The molecule has 0 aliphatic carbocycles. The van der Waals surface area contributed by atoms with Gasteiger partial charge in [0.25, 0.3) is 0 Å². The highest BCUT2D eigenvalue weighted by Gasteiger charge is 2.21. The fraction of sp³-hybridized carbons (Fsp3) is 0.156. The largest absolute Gasteiger partial charge is 0.354 e. The number of benzene rings is 4. The molecule has 0 spiro atoms. The zero-order chi connectivity index (χ0) is 24.0. The second-order valence-electron chi connectivity index (χ2n) is 9.10. The average Bonchev–Trinajstić information content (AvgIpc) is 3.39. The van der Waals surface area contributed by atoms with Crippen molar-refractivity contribution in [2.45, 2.75) is 19.9 Å². The molecule has 1 atom stereocenters. The van der Waals surface area contributed by atoms with Gasteiger partial charge in [0.1, 0.15) is 0 Å². The van der Waals surface area contributed by atoms with Gasteiger partial charge in [0, 0.05) is 22.6 Å². The topological polar surface area (TPSA) is 24.4 Å². The van der Waals surface area contributed by atoms with Gasteiger partial charge in [-0.3, -0.25) is 4.99 Å². The van der Waals surface area contributed by atoms with E-state index in [1.165, 1.54) is 22.3 Å². The fourth-order valence-electron chi connectivity index (χ4n) is 4.30. The molecule has 2 nitrogen and oxygen atoms in total. The zero-order valence-corrected chi connectivity index (χ0v) is 21.0. The molecule has 0 fully saturated rings. The molecule has 0 saturated carbocycles. The molecule has 3 heteroatoms. The molecule has 35 heavy (non-hydrogen) atoms. The summed E-state index contributed by atoms with van der Waals surface area (Å²) in [5, 5.41) is 4.96. The lowest BCUT2D eigenvalue weighted by Gasteiger charge is -2.20. The van der Waals surface area contributed by atoms with Gasteiger partial charge in [-0.25, -0.2) is 0 Å². The predicted molar refractivity (Wildman–Crippen MR) is 154 cm³/mol. The number of hydrogen-bond donors (Lipinski definition) is 1. The molecule has 0 amide bonds. The van der Waals surface area contributed by atoms with E-state index in [-0.39, 0.29) is 0 Å². The summed E-state index contributed by atoms with van der Waals surface area (Å²) in [6, 6.07) is 38.7. The summed E-state index contributed by atoms with van der Waals surface area (Å²) in [6.45, 7) is 4.50. The highest BCUT2D eigenvalue weighted by atomic mass is 32.2. The summed E-state index contributed by atoms with van der Waals surface area (Å²) >= 11 is 1.85. The lowest BCUT2D eigenvalue weighted by Crippen LogP contribution is -2.11. The Labute approximate surface area is 212 Å². The number of hydrogen-bond acceptors (Lipinski definition) is 3. The Morgan fingerprint density at radius 1 is 0.771 bits per heavy atom. The fourth-order valence-corrected chi connectivity index (χ4v) is 5.51. The van der Waals surface area contributed by atoms with Gasteiger partial charge in [-0.15, -0.1) is 11.8 Å². The van der Waals surface area contributed by atoms with Gasteiger partial charge < -0.3 is 5.32 Å². The van der Waals surface area contributed by atoms with Crippen LogP contribution < -0.4 is 5.32 Å². The number of aliphatic imine (C=N–C) groups is 1. The minimum atomic E-state index is 0.375. The van der Waals surface area contributed by atoms with Gasteiger partial charge in [-0.1, -0.05) is 123 Å². The van der Waals surface area contributed by atoms with Crippen LogP contribution in [-0.4, -0.2) is 16.8 Å². The van der Waals surface area contributed by atoms with Crippen molar-refractivity contribution in [1.29, 1.82) is 0 Å². The normalized spacial score (nSPS) is 15.8. The van der Waals surface area contributed by atoms with Gasteiger partial charge in [-0.2, -0.15) is 0 Å². The van der Waals surface area contributed by atoms with E-state index in [0.29, 0.717) is 12.0 Å². The highest BCUT2D eigenvalue weighted by molar-refractivity contribution is 8.14. The SMILES string of the molecule is CC(C)C1CSC(C=C(Nc2c(-c3ccccc3)cccc2-c2ccccc2)c2ccccc2)=N1. The summed E-state index contributed by atoms with van der Waals surface area (Å²) in [5.41, 5.74) is 8.03. The Kier molecular flexibility index (Phi) is 7.15. The minimum Gasteiger partial charge on any atom is -0.354 e. The van der Waals surface area contributed by atoms with Crippen LogP contribution in [0.5, 0.6) is 0 Å². The Morgan fingerprint density at radius 3 is 1.83 bits per heavy atom. The van der Waals surface area contributed by atoms with Gasteiger partial charge in [0.05, 0.1) is 16.8 Å². The maximum atomic E-state index is 5.02. The van der Waals surface area contributed by atoms with Crippen LogP contribution in [-0.2, 0) is 0 Å². The monoisotopic (exact) mass is 474 g/mol. The molecule has 1 unspecified atom stereocenters. The van der Waals surface area contributed by atoms with Crippen LogP contribution in [0.15, 0.2) is 120 Å². The number of thioether (sulfide) groups is 1. The van der Waals surface area contributed by atoms with Crippen molar-refractivity contribution in [2.24, 2.45) is 10.9 Å². The number of anilines is 1. The molecule has 0 saturated heterocycles. The summed E-state index contributed by atoms with van der Waals surface area (Å²) in [6.07, 6.45) is 2.22. The van der Waals surface area contributed by atoms with Crippen LogP contribution in [0.3, 0.4) is 0 Å². The van der Waals surface area contributed by atoms with Crippen LogP contribution in [0.2, 0.25) is 0 Å². The van der Waals surface area contributed by atoms with Crippen molar-refractivity contribution in [3.8, 4) is 22.3 Å². The molecule has 0 bridgehead atoms. The maximum Gasteiger partial charge on any atom is 0.0929 e. The number of nitrogens with zero attached hydrogens (tertiary/aromatic N) is 1. The lowest BCUT2D eigenvalue weighted by molar-refractivity contribution is 0.544. The molecular weight excluding hydrogens is 444 g/mol. The Hall–Kier alpha value is -3.56.